The average Bonchev–Trinajstić information content (AvgIpc) is 2.55. The summed E-state index contributed by atoms with van der Waals surface area (Å²) >= 11 is 0. The van der Waals surface area contributed by atoms with E-state index in [9.17, 15) is 23.8 Å². The van der Waals surface area contributed by atoms with Crippen LogP contribution in [0.25, 0.3) is 11.3 Å². The van der Waals surface area contributed by atoms with Crippen molar-refractivity contribution in [2.45, 2.75) is 0 Å². The van der Waals surface area contributed by atoms with Gasteiger partial charge in [-0.15, -0.1) is 0 Å². The lowest BCUT2D eigenvalue weighted by molar-refractivity contribution is 0.209. The minimum absolute atomic E-state index is 0.191. The lowest BCUT2D eigenvalue weighted by Gasteiger charge is -1.99. The van der Waals surface area contributed by atoms with Crippen LogP contribution in [-0.2, 0) is 0 Å². The average molecular weight is 271 g/mol. The van der Waals surface area contributed by atoms with Gasteiger partial charge in [0, 0.05) is 11.6 Å². The molecule has 0 aliphatic carbocycles. The Morgan fingerprint density at radius 2 is 1.68 bits per heavy atom. The standard InChI is InChI=1S/C11H7F2NO5/c12-5-1-4(2-6(13)3-5)9-7(15)8(16)10(19-9)14-11(17)18/h1-3,14-16H,(H,17,18). The van der Waals surface area contributed by atoms with Crippen LogP contribution in [0.2, 0.25) is 0 Å². The molecule has 0 unspecified atom stereocenters. The molecule has 0 bridgehead atoms. The summed E-state index contributed by atoms with van der Waals surface area (Å²) in [6.45, 7) is 0. The molecule has 0 radical (unpaired) electrons. The number of aromatic hydroxyl groups is 2. The van der Waals surface area contributed by atoms with Crippen LogP contribution in [0.5, 0.6) is 11.5 Å². The Morgan fingerprint density at radius 1 is 1.11 bits per heavy atom. The molecule has 1 aromatic carbocycles. The molecule has 0 saturated carbocycles. The van der Waals surface area contributed by atoms with Crippen LogP contribution in [0.1, 0.15) is 0 Å². The van der Waals surface area contributed by atoms with Crippen LogP contribution in [0.15, 0.2) is 22.6 Å². The molecule has 1 heterocycles. The van der Waals surface area contributed by atoms with E-state index in [4.69, 9.17) is 9.52 Å². The third-order valence-electron chi connectivity index (χ3n) is 2.20. The van der Waals surface area contributed by atoms with Crippen molar-refractivity contribution in [3.8, 4) is 22.8 Å². The molecule has 8 heteroatoms. The first-order valence-electron chi connectivity index (χ1n) is 4.89. The predicted octanol–water partition coefficient (Wildman–Crippen LogP) is 2.73. The topological polar surface area (TPSA) is 103 Å². The predicted molar refractivity (Wildman–Crippen MR) is 59.0 cm³/mol. The van der Waals surface area contributed by atoms with Crippen LogP contribution in [0.3, 0.4) is 0 Å². The van der Waals surface area contributed by atoms with E-state index in [2.05, 4.69) is 0 Å². The fourth-order valence-corrected chi connectivity index (χ4v) is 1.48. The summed E-state index contributed by atoms with van der Waals surface area (Å²) in [5.74, 6) is -4.64. The third kappa shape index (κ3) is 2.41. The Hall–Kier alpha value is -2.77. The second-order valence-corrected chi connectivity index (χ2v) is 3.55. The highest BCUT2D eigenvalue weighted by molar-refractivity contribution is 5.86. The van der Waals surface area contributed by atoms with Gasteiger partial charge in [-0.05, 0) is 12.1 Å². The van der Waals surface area contributed by atoms with E-state index in [1.54, 1.807) is 5.32 Å². The van der Waals surface area contributed by atoms with Gasteiger partial charge in [0.1, 0.15) is 11.6 Å². The first kappa shape index (κ1) is 12.7. The van der Waals surface area contributed by atoms with Gasteiger partial charge in [0.05, 0.1) is 0 Å². The maximum absolute atomic E-state index is 13.0. The van der Waals surface area contributed by atoms with Crippen molar-refractivity contribution in [3.05, 3.63) is 29.8 Å². The van der Waals surface area contributed by atoms with Crippen molar-refractivity contribution in [2.75, 3.05) is 5.32 Å². The van der Waals surface area contributed by atoms with E-state index in [-0.39, 0.29) is 5.56 Å². The largest absolute Gasteiger partial charge is 0.502 e. The molecule has 1 aromatic heterocycles. The summed E-state index contributed by atoms with van der Waals surface area (Å²) in [5, 5.41) is 29.1. The zero-order valence-electron chi connectivity index (χ0n) is 9.15. The Bertz CT molecular complexity index is 633. The highest BCUT2D eigenvalue weighted by Gasteiger charge is 2.22. The van der Waals surface area contributed by atoms with Crippen molar-refractivity contribution in [1.82, 2.24) is 0 Å². The van der Waals surface area contributed by atoms with Crippen LogP contribution in [0.4, 0.5) is 19.5 Å². The zero-order chi connectivity index (χ0) is 14.2. The number of hydrogen-bond donors (Lipinski definition) is 4. The smallest absolute Gasteiger partial charge is 0.411 e. The Balaban J connectivity index is 2.53. The molecular weight excluding hydrogens is 264 g/mol. The molecule has 1 amide bonds. The van der Waals surface area contributed by atoms with Gasteiger partial charge >= 0.3 is 6.09 Å². The number of halogens is 2. The van der Waals surface area contributed by atoms with Gasteiger partial charge in [-0.25, -0.2) is 13.6 Å². The Labute approximate surface area is 104 Å². The van der Waals surface area contributed by atoms with Gasteiger partial charge in [-0.3, -0.25) is 5.32 Å². The van der Waals surface area contributed by atoms with Crippen molar-refractivity contribution in [2.24, 2.45) is 0 Å². The zero-order valence-corrected chi connectivity index (χ0v) is 9.15. The van der Waals surface area contributed by atoms with Gasteiger partial charge in [-0.1, -0.05) is 0 Å². The van der Waals surface area contributed by atoms with Crippen LogP contribution in [-0.4, -0.2) is 21.4 Å². The second-order valence-electron chi connectivity index (χ2n) is 3.55. The number of rotatable bonds is 2. The van der Waals surface area contributed by atoms with Gasteiger partial charge in [-0.2, -0.15) is 0 Å². The van der Waals surface area contributed by atoms with Gasteiger partial charge < -0.3 is 19.7 Å². The minimum Gasteiger partial charge on any atom is -0.502 e. The molecule has 6 nitrogen and oxygen atoms in total. The third-order valence-corrected chi connectivity index (χ3v) is 2.20. The molecule has 0 spiro atoms. The van der Waals surface area contributed by atoms with Gasteiger partial charge in [0.15, 0.2) is 5.76 Å². The molecule has 19 heavy (non-hydrogen) atoms. The number of amides is 1. The second kappa shape index (κ2) is 4.48. The molecule has 0 fully saturated rings. The molecule has 4 N–H and O–H groups in total. The molecule has 2 rings (SSSR count). The number of hydrogen-bond acceptors (Lipinski definition) is 4. The summed E-state index contributed by atoms with van der Waals surface area (Å²) in [6.07, 6.45) is -1.54. The first-order chi connectivity index (χ1) is 8.88. The first-order valence-corrected chi connectivity index (χ1v) is 4.89. The summed E-state index contributed by atoms with van der Waals surface area (Å²) in [4.78, 5) is 10.4. The number of benzene rings is 1. The van der Waals surface area contributed by atoms with E-state index in [0.717, 1.165) is 12.1 Å². The number of furan rings is 1. The fourth-order valence-electron chi connectivity index (χ4n) is 1.48. The minimum atomic E-state index is -1.54. The summed E-state index contributed by atoms with van der Waals surface area (Å²) in [6, 6.07) is 2.32. The SMILES string of the molecule is O=C(O)Nc1oc(-c2cc(F)cc(F)c2)c(O)c1O. The molecule has 0 atom stereocenters. The number of nitrogens with one attached hydrogen (secondary N) is 1. The normalized spacial score (nSPS) is 10.4. The lowest BCUT2D eigenvalue weighted by Crippen LogP contribution is -2.06. The van der Waals surface area contributed by atoms with Crippen molar-refractivity contribution in [3.63, 3.8) is 0 Å². The maximum atomic E-state index is 13.0. The molecule has 0 aliphatic rings. The highest BCUT2D eigenvalue weighted by atomic mass is 19.1. The monoisotopic (exact) mass is 271 g/mol. The maximum Gasteiger partial charge on any atom is 0.411 e. The molecule has 0 aliphatic heterocycles. The molecule has 100 valence electrons. The van der Waals surface area contributed by atoms with E-state index < -0.39 is 40.9 Å². The van der Waals surface area contributed by atoms with Crippen LogP contribution in [0, 0.1) is 11.6 Å². The van der Waals surface area contributed by atoms with E-state index >= 15 is 0 Å². The molecular formula is C11H7F2NO5. The van der Waals surface area contributed by atoms with Crippen molar-refractivity contribution in [1.29, 1.82) is 0 Å². The lowest BCUT2D eigenvalue weighted by atomic mass is 10.1. The van der Waals surface area contributed by atoms with Gasteiger partial charge in [0.2, 0.25) is 17.4 Å². The summed E-state index contributed by atoms with van der Waals surface area (Å²) < 4.78 is 30.9. The Morgan fingerprint density at radius 3 is 2.21 bits per heavy atom. The number of carboxylic acid groups (broad SMARTS) is 1. The number of carbonyl (C=O) groups is 1. The van der Waals surface area contributed by atoms with E-state index in [0.29, 0.717) is 6.07 Å². The molecule has 0 saturated heterocycles. The van der Waals surface area contributed by atoms with E-state index in [1.807, 2.05) is 0 Å². The quantitative estimate of drug-likeness (QED) is 0.672. The number of anilines is 1. The summed E-state index contributed by atoms with van der Waals surface area (Å²) in [5.41, 5.74) is -0.191. The van der Waals surface area contributed by atoms with E-state index in [1.165, 1.54) is 0 Å². The fraction of sp³-hybridized carbons (Fsp3) is 0. The van der Waals surface area contributed by atoms with Crippen molar-refractivity contribution < 1.29 is 33.3 Å². The van der Waals surface area contributed by atoms with Crippen LogP contribution >= 0.6 is 0 Å². The molecule has 2 aromatic rings. The van der Waals surface area contributed by atoms with Crippen molar-refractivity contribution >= 4 is 12.0 Å². The Kier molecular flexibility index (Phi) is 2.99. The van der Waals surface area contributed by atoms with Crippen LogP contribution < -0.4 is 5.32 Å². The van der Waals surface area contributed by atoms with Gasteiger partial charge in [0.25, 0.3) is 0 Å². The summed E-state index contributed by atoms with van der Waals surface area (Å²) in [7, 11) is 0. The highest BCUT2D eigenvalue weighted by Crippen LogP contribution is 2.45.